The van der Waals surface area contributed by atoms with E-state index in [4.69, 9.17) is 0 Å². The lowest BCUT2D eigenvalue weighted by molar-refractivity contribution is -0.262. The Morgan fingerprint density at radius 1 is 0.486 bits per heavy atom. The van der Waals surface area contributed by atoms with Crippen LogP contribution in [0.1, 0.15) is 163 Å². The normalized spacial score (nSPS) is 12.9. The minimum absolute atomic E-state index is 0.0866. The number of carboxylic acid groups (broad SMARTS) is 2. The molecule has 0 aromatic carbocycles. The number of aromatic nitrogens is 4. The zero-order valence-electron chi connectivity index (χ0n) is 41.4. The number of carbonyl (C=O) groups is 6. The Morgan fingerprint density at radius 2 is 0.800 bits per heavy atom. The summed E-state index contributed by atoms with van der Waals surface area (Å²) in [6, 6.07) is 0. The number of rotatable bonds is 34. The Kier molecular flexibility index (Phi) is 27.4. The molecule has 0 aliphatic carbocycles. The van der Waals surface area contributed by atoms with Gasteiger partial charge in [0.15, 0.2) is 0 Å². The van der Waals surface area contributed by atoms with Crippen LogP contribution in [-0.4, -0.2) is 140 Å². The van der Waals surface area contributed by atoms with E-state index in [2.05, 4.69) is 30.4 Å². The van der Waals surface area contributed by atoms with Gasteiger partial charge in [0.25, 0.3) is 22.9 Å². The van der Waals surface area contributed by atoms with Crippen LogP contribution in [0.2, 0.25) is 0 Å². The average molecular weight is 985 g/mol. The van der Waals surface area contributed by atoms with Gasteiger partial charge in [-0.05, 0) is 65.5 Å². The molecular weight excluding hydrogens is 909 g/mol. The fourth-order valence-corrected chi connectivity index (χ4v) is 8.39. The summed E-state index contributed by atoms with van der Waals surface area (Å²) < 4.78 is 2.44. The first-order chi connectivity index (χ1) is 33.7. The number of nitrogens with zero attached hydrogens (tertiary/aromatic N) is 6. The van der Waals surface area contributed by atoms with E-state index < -0.39 is 57.6 Å². The topological polar surface area (TPSA) is 295 Å². The van der Waals surface area contributed by atoms with Gasteiger partial charge in [0.05, 0.1) is 0 Å². The van der Waals surface area contributed by atoms with Crippen molar-refractivity contribution in [3.63, 3.8) is 0 Å². The highest BCUT2D eigenvalue weighted by atomic mass is 16.4. The van der Waals surface area contributed by atoms with Crippen LogP contribution in [0, 0.1) is 0 Å². The predicted octanol–water partition coefficient (Wildman–Crippen LogP) is 1.35. The first-order valence-electron chi connectivity index (χ1n) is 25.4. The third-order valence-electron chi connectivity index (χ3n) is 12.6. The lowest BCUT2D eigenvalue weighted by Gasteiger charge is -2.34. The molecule has 6 amide bonds. The van der Waals surface area contributed by atoms with Crippen molar-refractivity contribution in [1.82, 2.24) is 49.3 Å². The summed E-state index contributed by atoms with van der Waals surface area (Å²) in [7, 11) is 0. The monoisotopic (exact) mass is 985 g/mol. The summed E-state index contributed by atoms with van der Waals surface area (Å²) in [5.74, 6) is -1.88. The number of nitrogens with one attached hydrogen (secondary N) is 4. The summed E-state index contributed by atoms with van der Waals surface area (Å²) in [6.07, 6.45) is 16.4. The van der Waals surface area contributed by atoms with Crippen molar-refractivity contribution >= 4 is 35.8 Å². The van der Waals surface area contributed by atoms with Gasteiger partial charge >= 0.3 is 11.4 Å². The van der Waals surface area contributed by atoms with E-state index in [1.807, 2.05) is 0 Å². The molecule has 0 unspecified atom stereocenters. The first-order valence-corrected chi connectivity index (χ1v) is 25.4. The Labute approximate surface area is 409 Å². The molecule has 1 aliphatic rings. The predicted molar refractivity (Wildman–Crippen MR) is 258 cm³/mol. The number of aromatic amines is 2. The summed E-state index contributed by atoms with van der Waals surface area (Å²) >= 11 is 0. The van der Waals surface area contributed by atoms with E-state index in [1.165, 1.54) is 23.0 Å². The number of hydrogen-bond donors (Lipinski definition) is 4. The molecule has 2 aromatic heterocycles. The van der Waals surface area contributed by atoms with Crippen molar-refractivity contribution in [1.29, 1.82) is 0 Å². The van der Waals surface area contributed by atoms with Crippen molar-refractivity contribution in [3.8, 4) is 0 Å². The van der Waals surface area contributed by atoms with Crippen molar-refractivity contribution in [2.75, 3.05) is 65.4 Å². The van der Waals surface area contributed by atoms with E-state index in [-0.39, 0.29) is 38.0 Å². The van der Waals surface area contributed by atoms with Crippen molar-refractivity contribution in [2.45, 2.75) is 155 Å². The molecule has 392 valence electrons. The van der Waals surface area contributed by atoms with Crippen LogP contribution in [0.3, 0.4) is 0 Å². The van der Waals surface area contributed by atoms with Gasteiger partial charge in [0.1, 0.15) is 23.3 Å². The average Bonchev–Trinajstić information content (AvgIpc) is 3.32. The molecule has 0 spiro atoms. The van der Waals surface area contributed by atoms with E-state index in [1.54, 1.807) is 0 Å². The van der Waals surface area contributed by atoms with Crippen LogP contribution in [0.4, 0.5) is 9.59 Å². The molecule has 4 N–H and O–H groups in total. The third-order valence-corrected chi connectivity index (χ3v) is 12.6. The molecule has 3 rings (SSSR count). The largest absolute Gasteiger partial charge is 0.530 e. The Hall–Kier alpha value is -5.90. The molecule has 0 bridgehead atoms. The minimum Gasteiger partial charge on any atom is -0.530 e. The van der Waals surface area contributed by atoms with Gasteiger partial charge in [0, 0.05) is 90.7 Å². The summed E-state index contributed by atoms with van der Waals surface area (Å²) in [5.41, 5.74) is -4.03. The Bertz CT molecular complexity index is 2060. The van der Waals surface area contributed by atoms with Crippen LogP contribution >= 0.6 is 0 Å². The molecule has 1 aliphatic heterocycles. The molecule has 22 nitrogen and oxygen atoms in total. The molecule has 70 heavy (non-hydrogen) atoms. The van der Waals surface area contributed by atoms with Gasteiger partial charge in [-0.25, -0.2) is 9.59 Å². The first kappa shape index (κ1) is 58.4. The second-order valence-corrected chi connectivity index (χ2v) is 17.9. The lowest BCUT2D eigenvalue weighted by Crippen LogP contribution is -2.47. The fourth-order valence-electron chi connectivity index (χ4n) is 8.39. The second kappa shape index (κ2) is 32.8. The van der Waals surface area contributed by atoms with E-state index in [0.717, 1.165) is 154 Å². The Morgan fingerprint density at radius 3 is 1.11 bits per heavy atom. The zero-order valence-corrected chi connectivity index (χ0v) is 41.4. The van der Waals surface area contributed by atoms with Crippen molar-refractivity contribution < 1.29 is 39.0 Å². The number of piperazine rings is 1. The number of aryl methyl sites for hydroxylation is 2. The van der Waals surface area contributed by atoms with Gasteiger partial charge in [-0.1, -0.05) is 77.0 Å². The molecule has 1 fully saturated rings. The molecule has 1 saturated heterocycles. The number of imide groups is 2. The maximum Gasteiger partial charge on any atom is 0.328 e. The molecule has 22 heteroatoms. The van der Waals surface area contributed by atoms with Crippen LogP contribution in [0.5, 0.6) is 0 Å². The van der Waals surface area contributed by atoms with Gasteiger partial charge in [-0.3, -0.25) is 57.7 Å². The number of carbonyl (C=O) groups excluding carboxylic acids is 6. The van der Waals surface area contributed by atoms with Crippen LogP contribution in [0.25, 0.3) is 0 Å². The fraction of sp³-hybridized carbons (Fsp3) is 0.708. The van der Waals surface area contributed by atoms with Crippen LogP contribution in [-0.2, 0) is 22.7 Å². The van der Waals surface area contributed by atoms with Crippen molar-refractivity contribution in [2.24, 2.45) is 0 Å². The van der Waals surface area contributed by atoms with Gasteiger partial charge in [-0.2, -0.15) is 0 Å². The third kappa shape index (κ3) is 21.4. The van der Waals surface area contributed by atoms with E-state index in [0.29, 0.717) is 48.6 Å². The highest BCUT2D eigenvalue weighted by Crippen LogP contribution is 2.12. The number of H-pyrrole nitrogens is 2. The molecule has 0 atom stereocenters. The Balaban J connectivity index is 1.09. The van der Waals surface area contributed by atoms with Gasteiger partial charge in [0.2, 0.25) is 11.8 Å². The number of amides is 6. The number of hydrogen-bond acceptors (Lipinski definition) is 14. The molecule has 0 radical (unpaired) electrons. The summed E-state index contributed by atoms with van der Waals surface area (Å²) in [5, 5.41) is 28.5. The zero-order chi connectivity index (χ0) is 51.3. The standard InChI is InChI=1S/C48H78N10O12/c1-3-57(47(67)68)43(63)37-35-55(45(65)51-41(37)61)29-19-15-11-7-5-9-13-17-23-39(59)49-25-21-27-53-31-33-54(34-32-53)28-22-26-50-40(60)24-18-14-10-6-8-12-16-20-30-56-36-38(42(62)52-46(56)66)44(64)58(4-2)48(69)70/h35-36H,3-34H2,1-2H3,(H,49,59)(H,50,60)(H,67,68)(H,69,70)(H,51,61,65)(H,52,62,66)/p-2. The maximum atomic E-state index is 12.4. The minimum atomic E-state index is -1.72. The quantitative estimate of drug-likeness (QED) is 0.0721. The van der Waals surface area contributed by atoms with E-state index in [9.17, 15) is 58.2 Å². The van der Waals surface area contributed by atoms with Gasteiger partial charge in [-0.15, -0.1) is 0 Å². The smallest absolute Gasteiger partial charge is 0.328 e. The highest BCUT2D eigenvalue weighted by molar-refractivity contribution is 6.02. The summed E-state index contributed by atoms with van der Waals surface area (Å²) in [6.45, 7) is 10.3. The lowest BCUT2D eigenvalue weighted by atomic mass is 10.1. The molecule has 2 aromatic rings. The van der Waals surface area contributed by atoms with Gasteiger partial charge < -0.3 is 40.2 Å². The molecule has 3 heterocycles. The van der Waals surface area contributed by atoms with Crippen molar-refractivity contribution in [3.05, 3.63) is 65.2 Å². The second-order valence-electron chi connectivity index (χ2n) is 17.9. The molecular formula is C48H76N10O12-2. The SMILES string of the molecule is CCN(C(=O)[O-])C(=O)c1cn(CCCCCCCCCCC(=O)NCCCN2CCN(CCCNC(=O)CCCCCCCCCCn3cc(C(=O)N(CC)C(=O)[O-])c(=O)[nH]c3=O)CC2)c(=O)[nH]c1=O. The number of unbranched alkanes of at least 4 members (excludes halogenated alkanes) is 14. The summed E-state index contributed by atoms with van der Waals surface area (Å²) in [4.78, 5) is 130. The maximum absolute atomic E-state index is 12.4. The van der Waals surface area contributed by atoms with Crippen LogP contribution < -0.4 is 43.3 Å². The van der Waals surface area contributed by atoms with E-state index >= 15 is 0 Å². The van der Waals surface area contributed by atoms with Crippen LogP contribution in [0.15, 0.2) is 31.6 Å². The molecule has 0 saturated carbocycles. The highest BCUT2D eigenvalue weighted by Gasteiger charge is 2.22.